The van der Waals surface area contributed by atoms with Crippen LogP contribution in [-0.2, 0) is 16.0 Å². The number of nitrogens with zero attached hydrogens (tertiary/aromatic N) is 2. The average Bonchev–Trinajstić information content (AvgIpc) is 3.17. The van der Waals surface area contributed by atoms with Crippen molar-refractivity contribution in [2.75, 3.05) is 39.7 Å². The summed E-state index contributed by atoms with van der Waals surface area (Å²) in [7, 11) is 4.64. The maximum absolute atomic E-state index is 12.8. The molecule has 1 aliphatic heterocycles. The van der Waals surface area contributed by atoms with E-state index >= 15 is 0 Å². The van der Waals surface area contributed by atoms with Crippen LogP contribution in [0.2, 0.25) is 0 Å². The van der Waals surface area contributed by atoms with Gasteiger partial charge < -0.3 is 24.4 Å². The number of carbonyl (C=O) groups is 2. The second-order valence-corrected chi connectivity index (χ2v) is 8.01. The SMILES string of the molecule is COc1cc(CC(=O)N2CCC(C(=O)Nc3nc(C)cs3)CC2)cc(OC)c1OC. The lowest BCUT2D eigenvalue weighted by molar-refractivity contribution is -0.133. The number of carbonyl (C=O) groups excluding carboxylic acids is 2. The Morgan fingerprint density at radius 3 is 2.27 bits per heavy atom. The fourth-order valence-corrected chi connectivity index (χ4v) is 4.22. The Bertz CT molecular complexity index is 881. The Balaban J connectivity index is 1.57. The van der Waals surface area contributed by atoms with E-state index in [9.17, 15) is 9.59 Å². The highest BCUT2D eigenvalue weighted by Gasteiger charge is 2.28. The van der Waals surface area contributed by atoms with Gasteiger partial charge in [-0.1, -0.05) is 0 Å². The number of ether oxygens (including phenoxy) is 3. The molecule has 0 radical (unpaired) electrons. The summed E-state index contributed by atoms with van der Waals surface area (Å²) >= 11 is 1.42. The van der Waals surface area contributed by atoms with Crippen molar-refractivity contribution in [3.05, 3.63) is 28.8 Å². The third kappa shape index (κ3) is 5.02. The fourth-order valence-electron chi connectivity index (χ4n) is 3.53. The number of hydrogen-bond donors (Lipinski definition) is 1. The molecule has 0 unspecified atom stereocenters. The number of rotatable bonds is 7. The topological polar surface area (TPSA) is 90.0 Å². The maximum atomic E-state index is 12.8. The lowest BCUT2D eigenvalue weighted by Gasteiger charge is -2.31. The van der Waals surface area contributed by atoms with Crippen LogP contribution in [0.1, 0.15) is 24.1 Å². The van der Waals surface area contributed by atoms with Crippen LogP contribution in [0, 0.1) is 12.8 Å². The van der Waals surface area contributed by atoms with E-state index in [0.717, 1.165) is 11.3 Å². The van der Waals surface area contributed by atoms with Crippen LogP contribution in [0.25, 0.3) is 0 Å². The Labute approximate surface area is 180 Å². The molecule has 8 nitrogen and oxygen atoms in total. The Morgan fingerprint density at radius 2 is 1.77 bits per heavy atom. The molecular weight excluding hydrogens is 406 g/mol. The van der Waals surface area contributed by atoms with Crippen LogP contribution >= 0.6 is 11.3 Å². The summed E-state index contributed by atoms with van der Waals surface area (Å²) < 4.78 is 16.0. The highest BCUT2D eigenvalue weighted by atomic mass is 32.1. The van der Waals surface area contributed by atoms with E-state index in [1.807, 2.05) is 12.3 Å². The largest absolute Gasteiger partial charge is 0.493 e. The molecule has 1 aliphatic rings. The average molecular weight is 434 g/mol. The molecule has 30 heavy (non-hydrogen) atoms. The van der Waals surface area contributed by atoms with Gasteiger partial charge in [-0.05, 0) is 37.5 Å². The van der Waals surface area contributed by atoms with Crippen molar-refractivity contribution in [2.45, 2.75) is 26.2 Å². The van der Waals surface area contributed by atoms with Gasteiger partial charge in [0.2, 0.25) is 17.6 Å². The van der Waals surface area contributed by atoms with E-state index in [4.69, 9.17) is 14.2 Å². The van der Waals surface area contributed by atoms with E-state index in [-0.39, 0.29) is 24.2 Å². The summed E-state index contributed by atoms with van der Waals surface area (Å²) in [4.78, 5) is 31.3. The minimum atomic E-state index is -0.112. The van der Waals surface area contributed by atoms with Gasteiger partial charge in [0.25, 0.3) is 0 Å². The number of aromatic nitrogens is 1. The third-order valence-corrected chi connectivity index (χ3v) is 6.02. The number of hydrogen-bond acceptors (Lipinski definition) is 7. The number of aryl methyl sites for hydroxylation is 1. The first-order chi connectivity index (χ1) is 14.4. The van der Waals surface area contributed by atoms with Gasteiger partial charge in [-0.2, -0.15) is 0 Å². The molecule has 1 aromatic carbocycles. The molecule has 0 aliphatic carbocycles. The molecule has 1 aromatic heterocycles. The smallest absolute Gasteiger partial charge is 0.229 e. The molecule has 0 spiro atoms. The van der Waals surface area contributed by atoms with E-state index in [2.05, 4.69) is 10.3 Å². The van der Waals surface area contributed by atoms with Crippen LogP contribution in [0.5, 0.6) is 17.2 Å². The van der Waals surface area contributed by atoms with Crippen molar-refractivity contribution in [1.29, 1.82) is 0 Å². The summed E-state index contributed by atoms with van der Waals surface area (Å²) in [6.07, 6.45) is 1.50. The molecule has 0 atom stereocenters. The quantitative estimate of drug-likeness (QED) is 0.722. The number of thiazole rings is 1. The maximum Gasteiger partial charge on any atom is 0.229 e. The number of amides is 2. The number of likely N-dealkylation sites (tertiary alicyclic amines) is 1. The molecule has 3 rings (SSSR count). The van der Waals surface area contributed by atoms with Crippen LogP contribution in [0.3, 0.4) is 0 Å². The minimum Gasteiger partial charge on any atom is -0.493 e. The first kappa shape index (κ1) is 21.9. The number of methoxy groups -OCH3 is 3. The second kappa shape index (κ2) is 9.80. The Hall–Kier alpha value is -2.81. The van der Waals surface area contributed by atoms with Crippen molar-refractivity contribution >= 4 is 28.3 Å². The molecule has 0 bridgehead atoms. The monoisotopic (exact) mass is 433 g/mol. The lowest BCUT2D eigenvalue weighted by atomic mass is 9.95. The summed E-state index contributed by atoms with van der Waals surface area (Å²) in [6, 6.07) is 3.57. The molecule has 1 N–H and O–H groups in total. The molecule has 1 fully saturated rings. The van der Waals surface area contributed by atoms with Crippen molar-refractivity contribution < 1.29 is 23.8 Å². The molecule has 9 heteroatoms. The first-order valence-corrected chi connectivity index (χ1v) is 10.6. The number of benzene rings is 1. The van der Waals surface area contributed by atoms with Gasteiger partial charge in [-0.3, -0.25) is 9.59 Å². The predicted octanol–water partition coefficient (Wildman–Crippen LogP) is 2.90. The van der Waals surface area contributed by atoms with Crippen LogP contribution < -0.4 is 19.5 Å². The van der Waals surface area contributed by atoms with E-state index in [1.165, 1.54) is 11.3 Å². The Morgan fingerprint density at radius 1 is 1.13 bits per heavy atom. The zero-order valence-corrected chi connectivity index (χ0v) is 18.5. The van der Waals surface area contributed by atoms with E-state index in [0.29, 0.717) is 48.3 Å². The van der Waals surface area contributed by atoms with Crippen LogP contribution in [0.15, 0.2) is 17.5 Å². The summed E-state index contributed by atoms with van der Waals surface area (Å²) in [5.41, 5.74) is 1.68. The summed E-state index contributed by atoms with van der Waals surface area (Å²) in [5.74, 6) is 1.41. The zero-order valence-electron chi connectivity index (χ0n) is 17.7. The fraction of sp³-hybridized carbons (Fsp3) is 0.476. The highest BCUT2D eigenvalue weighted by Crippen LogP contribution is 2.38. The molecule has 2 aromatic rings. The molecule has 0 saturated carbocycles. The van der Waals surface area contributed by atoms with E-state index in [1.54, 1.807) is 38.4 Å². The van der Waals surface area contributed by atoms with Crippen molar-refractivity contribution in [2.24, 2.45) is 5.92 Å². The van der Waals surface area contributed by atoms with Gasteiger partial charge in [0.1, 0.15) is 0 Å². The van der Waals surface area contributed by atoms with Gasteiger partial charge in [0.05, 0.1) is 33.4 Å². The minimum absolute atomic E-state index is 0.0127. The highest BCUT2D eigenvalue weighted by molar-refractivity contribution is 7.13. The standard InChI is InChI=1S/C21H27N3O5S/c1-13-12-30-21(22-13)23-20(26)15-5-7-24(8-6-15)18(25)11-14-9-16(27-2)19(29-4)17(10-14)28-3/h9-10,12,15H,5-8,11H2,1-4H3,(H,22,23,26). The summed E-state index contributed by atoms with van der Waals surface area (Å²) in [6.45, 7) is 3.00. The van der Waals surface area contributed by atoms with E-state index < -0.39 is 0 Å². The van der Waals surface area contributed by atoms with Gasteiger partial charge in [-0.15, -0.1) is 11.3 Å². The third-order valence-electron chi connectivity index (χ3n) is 5.15. The van der Waals surface area contributed by atoms with Crippen molar-refractivity contribution in [3.8, 4) is 17.2 Å². The van der Waals surface area contributed by atoms with Gasteiger partial charge >= 0.3 is 0 Å². The van der Waals surface area contributed by atoms with Gasteiger partial charge in [0.15, 0.2) is 16.6 Å². The van der Waals surface area contributed by atoms with Crippen LogP contribution in [-0.4, -0.2) is 56.1 Å². The number of nitrogens with one attached hydrogen (secondary N) is 1. The molecule has 2 heterocycles. The first-order valence-electron chi connectivity index (χ1n) is 9.74. The molecule has 2 amide bonds. The van der Waals surface area contributed by atoms with Gasteiger partial charge in [-0.25, -0.2) is 4.98 Å². The van der Waals surface area contributed by atoms with Crippen LogP contribution in [0.4, 0.5) is 5.13 Å². The normalized spacial score (nSPS) is 14.3. The molecule has 162 valence electrons. The predicted molar refractivity (Wildman–Crippen MR) is 115 cm³/mol. The summed E-state index contributed by atoms with van der Waals surface area (Å²) in [5, 5.41) is 5.40. The van der Waals surface area contributed by atoms with Crippen molar-refractivity contribution in [3.63, 3.8) is 0 Å². The molecule has 1 saturated heterocycles. The number of piperidine rings is 1. The Kier molecular flexibility index (Phi) is 7.15. The zero-order chi connectivity index (χ0) is 21.7. The van der Waals surface area contributed by atoms with Gasteiger partial charge in [0, 0.05) is 24.4 Å². The van der Waals surface area contributed by atoms with Crippen molar-refractivity contribution in [1.82, 2.24) is 9.88 Å². The second-order valence-electron chi connectivity index (χ2n) is 7.15. The number of anilines is 1. The molecular formula is C21H27N3O5S. The lowest BCUT2D eigenvalue weighted by Crippen LogP contribution is -2.42.